The van der Waals surface area contributed by atoms with Crippen LogP contribution in [0.15, 0.2) is 35.7 Å². The molecule has 4 nitrogen and oxygen atoms in total. The topological polar surface area (TPSA) is 58.5 Å². The average Bonchev–Trinajstić information content (AvgIpc) is 2.54. The molecule has 1 atom stereocenters. The fourth-order valence-corrected chi connectivity index (χ4v) is 3.52. The van der Waals surface area contributed by atoms with Gasteiger partial charge in [-0.15, -0.1) is 0 Å². The average molecular weight is 333 g/mol. The van der Waals surface area contributed by atoms with E-state index in [1.165, 1.54) is 5.56 Å². The number of benzene rings is 1. The summed E-state index contributed by atoms with van der Waals surface area (Å²) in [6.45, 7) is 6.27. The second kappa shape index (κ2) is 6.46. The first-order valence-electron chi connectivity index (χ1n) is 8.16. The monoisotopic (exact) mass is 332 g/mol. The Morgan fingerprint density at radius 2 is 1.78 bits per heavy atom. The summed E-state index contributed by atoms with van der Waals surface area (Å²) >= 11 is 6.18. The minimum absolute atomic E-state index is 0.386. The third-order valence-corrected chi connectivity index (χ3v) is 5.15. The number of hydrogen-bond acceptors (Lipinski definition) is 4. The molecule has 0 saturated carbocycles. The molecule has 3 rings (SSSR count). The third kappa shape index (κ3) is 3.19. The zero-order valence-corrected chi connectivity index (χ0v) is 14.6. The molecule has 4 N–H and O–H groups in total. The van der Waals surface area contributed by atoms with Crippen LogP contribution in [0.3, 0.4) is 0 Å². The first-order valence-corrected chi connectivity index (χ1v) is 8.54. The lowest BCUT2D eigenvalue weighted by Gasteiger charge is -2.37. The van der Waals surface area contributed by atoms with E-state index < -0.39 is 0 Å². The highest BCUT2D eigenvalue weighted by molar-refractivity contribution is 6.30. The van der Waals surface area contributed by atoms with E-state index in [1.54, 1.807) is 0 Å². The van der Waals surface area contributed by atoms with Crippen molar-refractivity contribution in [2.24, 2.45) is 11.5 Å². The first-order chi connectivity index (χ1) is 11.0. The van der Waals surface area contributed by atoms with E-state index in [9.17, 15) is 0 Å². The molecule has 0 radical (unpaired) electrons. The van der Waals surface area contributed by atoms with E-state index >= 15 is 0 Å². The SMILES string of the molecule is CC1C/C=C(N2CCN(C)CC2)/C(N)=C(/N)c2cc(Cl)ccc21. The minimum atomic E-state index is 0.386. The molecule has 5 heteroatoms. The van der Waals surface area contributed by atoms with Gasteiger partial charge in [-0.3, -0.25) is 0 Å². The van der Waals surface area contributed by atoms with Crippen molar-refractivity contribution in [3.05, 3.63) is 51.8 Å². The number of rotatable bonds is 1. The number of fused-ring (bicyclic) bond motifs is 1. The number of likely N-dealkylation sites (N-methyl/N-ethyl adjacent to an activating group) is 1. The van der Waals surface area contributed by atoms with Crippen molar-refractivity contribution in [1.82, 2.24) is 9.80 Å². The molecule has 1 aromatic carbocycles. The third-order valence-electron chi connectivity index (χ3n) is 4.91. The Morgan fingerprint density at radius 1 is 1.09 bits per heavy atom. The smallest absolute Gasteiger partial charge is 0.0788 e. The molecule has 1 aromatic rings. The first kappa shape index (κ1) is 16.2. The summed E-state index contributed by atoms with van der Waals surface area (Å²) in [6, 6.07) is 5.92. The number of allylic oxidation sites excluding steroid dienone is 1. The van der Waals surface area contributed by atoms with Gasteiger partial charge in [0.25, 0.3) is 0 Å². The van der Waals surface area contributed by atoms with Gasteiger partial charge in [0.05, 0.1) is 17.1 Å². The minimum Gasteiger partial charge on any atom is -0.397 e. The summed E-state index contributed by atoms with van der Waals surface area (Å²) in [6.07, 6.45) is 3.19. The predicted octanol–water partition coefficient (Wildman–Crippen LogP) is 2.56. The van der Waals surface area contributed by atoms with Crippen LogP contribution in [0.4, 0.5) is 0 Å². The highest BCUT2D eigenvalue weighted by Crippen LogP contribution is 2.34. The number of halogens is 1. The molecule has 1 fully saturated rings. The molecule has 1 aliphatic heterocycles. The van der Waals surface area contributed by atoms with Crippen molar-refractivity contribution in [1.29, 1.82) is 0 Å². The van der Waals surface area contributed by atoms with Gasteiger partial charge in [0.1, 0.15) is 0 Å². The summed E-state index contributed by atoms with van der Waals surface area (Å²) in [4.78, 5) is 4.69. The van der Waals surface area contributed by atoms with Crippen LogP contribution in [0.5, 0.6) is 0 Å². The maximum absolute atomic E-state index is 6.46. The summed E-state index contributed by atoms with van der Waals surface area (Å²) in [5.74, 6) is 0.386. The number of piperazine rings is 1. The van der Waals surface area contributed by atoms with Crippen LogP contribution in [-0.4, -0.2) is 43.0 Å². The van der Waals surface area contributed by atoms with Crippen LogP contribution < -0.4 is 11.5 Å². The molecule has 124 valence electrons. The Bertz CT molecular complexity index is 657. The Balaban J connectivity index is 2.02. The quantitative estimate of drug-likeness (QED) is 0.830. The van der Waals surface area contributed by atoms with E-state index in [4.69, 9.17) is 23.1 Å². The zero-order chi connectivity index (χ0) is 16.6. The second-order valence-corrected chi connectivity index (χ2v) is 7.01. The Kier molecular flexibility index (Phi) is 4.55. The Labute approximate surface area is 143 Å². The van der Waals surface area contributed by atoms with Crippen molar-refractivity contribution in [2.75, 3.05) is 33.2 Å². The van der Waals surface area contributed by atoms with Crippen LogP contribution in [0.2, 0.25) is 5.02 Å². The second-order valence-electron chi connectivity index (χ2n) is 6.58. The molecular weight excluding hydrogens is 308 g/mol. The summed E-state index contributed by atoms with van der Waals surface area (Å²) < 4.78 is 0. The Morgan fingerprint density at radius 3 is 2.48 bits per heavy atom. The van der Waals surface area contributed by atoms with Gasteiger partial charge in [0, 0.05) is 36.8 Å². The van der Waals surface area contributed by atoms with Crippen LogP contribution in [0, 0.1) is 0 Å². The molecule has 0 amide bonds. The van der Waals surface area contributed by atoms with Crippen LogP contribution in [0.1, 0.15) is 30.4 Å². The molecule has 2 aliphatic rings. The molecule has 1 heterocycles. The van der Waals surface area contributed by atoms with Gasteiger partial charge in [0.15, 0.2) is 0 Å². The molecule has 1 unspecified atom stereocenters. The molecule has 1 aliphatic carbocycles. The van der Waals surface area contributed by atoms with Gasteiger partial charge in [-0.25, -0.2) is 0 Å². The number of hydrogen-bond donors (Lipinski definition) is 2. The molecule has 23 heavy (non-hydrogen) atoms. The molecule has 0 bridgehead atoms. The van der Waals surface area contributed by atoms with Crippen molar-refractivity contribution in [3.63, 3.8) is 0 Å². The summed E-state index contributed by atoms with van der Waals surface area (Å²) in [5, 5.41) is 0.692. The van der Waals surface area contributed by atoms with E-state index in [0.717, 1.165) is 43.9 Å². The lowest BCUT2D eigenvalue weighted by Crippen LogP contribution is -2.45. The Hall–Kier alpha value is -1.65. The van der Waals surface area contributed by atoms with E-state index in [2.05, 4.69) is 35.9 Å². The van der Waals surface area contributed by atoms with Crippen LogP contribution in [0.25, 0.3) is 5.70 Å². The van der Waals surface area contributed by atoms with E-state index in [0.29, 0.717) is 22.3 Å². The van der Waals surface area contributed by atoms with Crippen molar-refractivity contribution in [3.8, 4) is 0 Å². The maximum Gasteiger partial charge on any atom is 0.0788 e. The van der Waals surface area contributed by atoms with Crippen molar-refractivity contribution < 1.29 is 0 Å². The highest BCUT2D eigenvalue weighted by atomic mass is 35.5. The van der Waals surface area contributed by atoms with Crippen LogP contribution in [-0.2, 0) is 0 Å². The summed E-state index contributed by atoms with van der Waals surface area (Å²) in [7, 11) is 2.15. The van der Waals surface area contributed by atoms with Gasteiger partial charge in [0.2, 0.25) is 0 Å². The van der Waals surface area contributed by atoms with E-state index in [-0.39, 0.29) is 0 Å². The molecule has 0 spiro atoms. The van der Waals surface area contributed by atoms with Crippen LogP contribution >= 0.6 is 11.6 Å². The lowest BCUT2D eigenvalue weighted by molar-refractivity contribution is 0.188. The number of nitrogens with zero attached hydrogens (tertiary/aromatic N) is 2. The summed E-state index contributed by atoms with van der Waals surface area (Å²) in [5.41, 5.74) is 17.5. The van der Waals surface area contributed by atoms with Gasteiger partial charge in [-0.1, -0.05) is 30.7 Å². The molecular formula is C18H25ClN4. The fraction of sp³-hybridized carbons (Fsp3) is 0.444. The highest BCUT2D eigenvalue weighted by Gasteiger charge is 2.23. The van der Waals surface area contributed by atoms with Gasteiger partial charge in [-0.05, 0) is 37.1 Å². The predicted molar refractivity (Wildman–Crippen MR) is 96.9 cm³/mol. The normalized spacial score (nSPS) is 28.6. The largest absolute Gasteiger partial charge is 0.397 e. The van der Waals surface area contributed by atoms with Crippen molar-refractivity contribution in [2.45, 2.75) is 19.3 Å². The lowest BCUT2D eigenvalue weighted by atomic mass is 9.88. The molecule has 1 saturated heterocycles. The molecule has 0 aromatic heterocycles. The van der Waals surface area contributed by atoms with Gasteiger partial charge >= 0.3 is 0 Å². The van der Waals surface area contributed by atoms with Gasteiger partial charge < -0.3 is 21.3 Å². The van der Waals surface area contributed by atoms with Gasteiger partial charge in [-0.2, -0.15) is 0 Å². The van der Waals surface area contributed by atoms with E-state index in [1.807, 2.05) is 12.1 Å². The zero-order valence-electron chi connectivity index (χ0n) is 13.8. The fourth-order valence-electron chi connectivity index (χ4n) is 3.35. The number of nitrogens with two attached hydrogens (primary N) is 2. The van der Waals surface area contributed by atoms with Crippen molar-refractivity contribution >= 4 is 17.3 Å². The maximum atomic E-state index is 6.46. The standard InChI is InChI=1S/C18H25ClN4/c1-12-3-6-16(23-9-7-22(2)8-10-23)18(21)17(20)15-11-13(19)4-5-14(12)15/h4-6,11-12H,3,7-10,20-21H2,1-2H3/b16-6-,18-17-.